The Kier molecular flexibility index (Phi) is 9.58. The molecule has 0 heterocycles. The molecule has 0 saturated carbocycles. The van der Waals surface area contributed by atoms with E-state index < -0.39 is 34.5 Å². The van der Waals surface area contributed by atoms with E-state index in [2.05, 4.69) is 11.9 Å². The van der Waals surface area contributed by atoms with Crippen LogP contribution in [-0.2, 0) is 24.3 Å². The lowest BCUT2D eigenvalue weighted by Crippen LogP contribution is -2.42. The molecule has 10 nitrogen and oxygen atoms in total. The average Bonchev–Trinajstić information content (AvgIpc) is 2.81. The van der Waals surface area contributed by atoms with Gasteiger partial charge < -0.3 is 14.8 Å². The number of sulfonamides is 1. The highest BCUT2D eigenvalue weighted by Gasteiger charge is 2.25. The molecule has 0 saturated heterocycles. The Bertz CT molecular complexity index is 1090. The molecule has 176 valence electrons. The number of nitrogens with zero attached hydrogens (tertiary/aromatic N) is 1. The van der Waals surface area contributed by atoms with E-state index in [0.29, 0.717) is 5.69 Å². The number of anilines is 1. The Morgan fingerprint density at radius 3 is 2.48 bits per heavy atom. The molecule has 3 amide bonds. The molecule has 2 aromatic carbocycles. The summed E-state index contributed by atoms with van der Waals surface area (Å²) < 4.78 is 37.2. The maximum absolute atomic E-state index is 13.2. The zero-order valence-corrected chi connectivity index (χ0v) is 18.8. The molecule has 0 aliphatic heterocycles. The second-order valence-electron chi connectivity index (χ2n) is 6.56. The minimum Gasteiger partial charge on any atom is -0.452 e. The van der Waals surface area contributed by atoms with Gasteiger partial charge in [-0.05, 0) is 30.3 Å². The van der Waals surface area contributed by atoms with E-state index in [1.54, 1.807) is 30.3 Å². The summed E-state index contributed by atoms with van der Waals surface area (Å²) in [4.78, 5) is 35.5. The summed E-state index contributed by atoms with van der Waals surface area (Å²) in [5.41, 5.74) is 0.367. The lowest BCUT2D eigenvalue weighted by molar-refractivity contribution is -0.123. The molecule has 2 rings (SSSR count). The lowest BCUT2D eigenvalue weighted by atomic mass is 10.2. The largest absolute Gasteiger partial charge is 0.452 e. The summed E-state index contributed by atoms with van der Waals surface area (Å²) in [6, 6.07) is 13.0. The third kappa shape index (κ3) is 7.44. The fraction of sp³-hybridized carbons (Fsp3) is 0.227. The third-order valence-electron chi connectivity index (χ3n) is 4.18. The minimum atomic E-state index is -4.02. The van der Waals surface area contributed by atoms with E-state index in [1.807, 2.05) is 5.32 Å². The molecule has 0 spiro atoms. The van der Waals surface area contributed by atoms with Gasteiger partial charge in [0.25, 0.3) is 15.9 Å². The molecule has 2 N–H and O–H groups in total. The van der Waals surface area contributed by atoms with Crippen LogP contribution in [0.25, 0.3) is 0 Å². The Labute approximate surface area is 192 Å². The van der Waals surface area contributed by atoms with Crippen LogP contribution in [0.1, 0.15) is 10.4 Å². The first-order chi connectivity index (χ1) is 15.8. The number of esters is 1. The first-order valence-corrected chi connectivity index (χ1v) is 11.3. The number of ether oxygens (including phenoxy) is 2. The minimum absolute atomic E-state index is 0.0215. The third-order valence-corrected chi connectivity index (χ3v) is 5.97. The summed E-state index contributed by atoms with van der Waals surface area (Å²) in [6.07, 6.45) is 1.45. The van der Waals surface area contributed by atoms with E-state index in [4.69, 9.17) is 9.47 Å². The normalized spacial score (nSPS) is 10.7. The van der Waals surface area contributed by atoms with Gasteiger partial charge in [0, 0.05) is 13.7 Å². The Hall–Kier alpha value is -3.70. The molecule has 0 bridgehead atoms. The summed E-state index contributed by atoms with van der Waals surface area (Å²) >= 11 is 0. The van der Waals surface area contributed by atoms with Crippen LogP contribution >= 0.6 is 0 Å². The molecular weight excluding hydrogens is 450 g/mol. The molecule has 0 aliphatic carbocycles. The van der Waals surface area contributed by atoms with Crippen LogP contribution in [-0.4, -0.2) is 59.7 Å². The highest BCUT2D eigenvalue weighted by Crippen LogP contribution is 2.24. The Balaban J connectivity index is 2.08. The van der Waals surface area contributed by atoms with Gasteiger partial charge in [0.1, 0.15) is 0 Å². The zero-order chi connectivity index (χ0) is 24.3. The van der Waals surface area contributed by atoms with Crippen molar-refractivity contribution in [3.8, 4) is 0 Å². The number of carbonyl (C=O) groups excluding carboxylic acids is 3. The number of rotatable bonds is 11. The van der Waals surface area contributed by atoms with Crippen molar-refractivity contribution >= 4 is 33.6 Å². The van der Waals surface area contributed by atoms with Crippen LogP contribution in [0.15, 0.2) is 72.1 Å². The number of methoxy groups -OCH3 is 1. The molecule has 0 aliphatic rings. The topological polar surface area (TPSA) is 131 Å². The number of amides is 3. The molecular formula is C22H25N3O7S. The molecule has 0 aromatic heterocycles. The van der Waals surface area contributed by atoms with Crippen molar-refractivity contribution in [2.45, 2.75) is 4.90 Å². The van der Waals surface area contributed by atoms with Crippen molar-refractivity contribution in [1.29, 1.82) is 0 Å². The van der Waals surface area contributed by atoms with Crippen LogP contribution in [0, 0.1) is 0 Å². The van der Waals surface area contributed by atoms with Gasteiger partial charge in [0.2, 0.25) is 0 Å². The van der Waals surface area contributed by atoms with Gasteiger partial charge in [0.15, 0.2) is 6.61 Å². The number of imide groups is 1. The highest BCUT2D eigenvalue weighted by molar-refractivity contribution is 7.92. The number of para-hydroxylation sites is 1. The van der Waals surface area contributed by atoms with E-state index >= 15 is 0 Å². The van der Waals surface area contributed by atoms with Crippen LogP contribution < -0.4 is 14.9 Å². The second kappa shape index (κ2) is 12.4. The number of nitrogens with one attached hydrogen (secondary N) is 2. The molecule has 33 heavy (non-hydrogen) atoms. The van der Waals surface area contributed by atoms with Crippen molar-refractivity contribution in [1.82, 2.24) is 10.6 Å². The predicted molar refractivity (Wildman–Crippen MR) is 121 cm³/mol. The second-order valence-corrected chi connectivity index (χ2v) is 8.42. The van der Waals surface area contributed by atoms with Crippen LogP contribution in [0.5, 0.6) is 0 Å². The lowest BCUT2D eigenvalue weighted by Gasteiger charge is -2.23. The van der Waals surface area contributed by atoms with Crippen molar-refractivity contribution < 1.29 is 32.3 Å². The summed E-state index contributed by atoms with van der Waals surface area (Å²) in [6.45, 7) is 3.37. The number of carbonyl (C=O) groups is 3. The SMILES string of the molecule is C=CCN(c1ccccc1)S(=O)(=O)c1cccc(C(=O)OCC(=O)NC(=O)NCCOC)c1. The summed E-state index contributed by atoms with van der Waals surface area (Å²) in [7, 11) is -2.56. The quantitative estimate of drug-likeness (QED) is 0.287. The number of hydrogen-bond donors (Lipinski definition) is 2. The highest BCUT2D eigenvalue weighted by atomic mass is 32.2. The van der Waals surface area contributed by atoms with Crippen molar-refractivity contribution in [2.24, 2.45) is 0 Å². The van der Waals surface area contributed by atoms with Gasteiger partial charge in [-0.25, -0.2) is 18.0 Å². The average molecular weight is 476 g/mol. The van der Waals surface area contributed by atoms with Crippen LogP contribution in [0.2, 0.25) is 0 Å². The van der Waals surface area contributed by atoms with E-state index in [9.17, 15) is 22.8 Å². The standard InChI is InChI=1S/C22H25N3O7S/c1-3-13-25(18-9-5-4-6-10-18)33(29,30)19-11-7-8-17(15-19)21(27)32-16-20(26)24-22(28)23-12-14-31-2/h3-11,15H,1,12-14,16H2,2H3,(H2,23,24,26,28). The predicted octanol–water partition coefficient (Wildman–Crippen LogP) is 1.70. The smallest absolute Gasteiger partial charge is 0.338 e. The Morgan fingerprint density at radius 2 is 1.82 bits per heavy atom. The zero-order valence-electron chi connectivity index (χ0n) is 18.0. The molecule has 0 radical (unpaired) electrons. The van der Waals surface area contributed by atoms with E-state index in [0.717, 1.165) is 10.4 Å². The summed E-state index contributed by atoms with van der Waals surface area (Å²) in [5, 5.41) is 4.37. The first kappa shape index (κ1) is 25.6. The van der Waals surface area contributed by atoms with Crippen molar-refractivity contribution in [3.05, 3.63) is 72.8 Å². The van der Waals surface area contributed by atoms with Gasteiger partial charge >= 0.3 is 12.0 Å². The number of hydrogen-bond acceptors (Lipinski definition) is 7. The van der Waals surface area contributed by atoms with Gasteiger partial charge in [-0.15, -0.1) is 6.58 Å². The maximum Gasteiger partial charge on any atom is 0.338 e. The van der Waals surface area contributed by atoms with Gasteiger partial charge in [-0.1, -0.05) is 30.3 Å². The van der Waals surface area contributed by atoms with Crippen molar-refractivity contribution in [3.63, 3.8) is 0 Å². The summed E-state index contributed by atoms with van der Waals surface area (Å²) in [5.74, 6) is -1.76. The maximum atomic E-state index is 13.2. The fourth-order valence-corrected chi connectivity index (χ4v) is 4.13. The molecule has 0 atom stereocenters. The van der Waals surface area contributed by atoms with Gasteiger partial charge in [0.05, 0.1) is 29.3 Å². The van der Waals surface area contributed by atoms with Crippen molar-refractivity contribution in [2.75, 3.05) is 37.7 Å². The molecule has 0 unspecified atom stereocenters. The van der Waals surface area contributed by atoms with E-state index in [1.165, 1.54) is 31.4 Å². The van der Waals surface area contributed by atoms with E-state index in [-0.39, 0.29) is 30.2 Å². The first-order valence-electron chi connectivity index (χ1n) is 9.82. The number of urea groups is 1. The monoisotopic (exact) mass is 475 g/mol. The van der Waals surface area contributed by atoms with Gasteiger partial charge in [-0.2, -0.15) is 0 Å². The van der Waals surface area contributed by atoms with Crippen LogP contribution in [0.3, 0.4) is 0 Å². The molecule has 2 aromatic rings. The van der Waals surface area contributed by atoms with Crippen LogP contribution in [0.4, 0.5) is 10.5 Å². The number of benzene rings is 2. The molecule has 0 fully saturated rings. The molecule has 11 heteroatoms. The Morgan fingerprint density at radius 1 is 1.09 bits per heavy atom. The van der Waals surface area contributed by atoms with Gasteiger partial charge in [-0.3, -0.25) is 14.4 Å². The fourth-order valence-electron chi connectivity index (χ4n) is 2.65.